The maximum Gasteiger partial charge on any atom is 0.137 e. The van der Waals surface area contributed by atoms with Crippen molar-refractivity contribution in [2.24, 2.45) is 0 Å². The lowest BCUT2D eigenvalue weighted by Gasteiger charge is -2.19. The maximum absolute atomic E-state index is 5.46. The van der Waals surface area contributed by atoms with Gasteiger partial charge in [0, 0.05) is 13.0 Å². The summed E-state index contributed by atoms with van der Waals surface area (Å²) >= 11 is 0. The number of nitrogens with zero attached hydrogens (tertiary/aromatic N) is 2. The van der Waals surface area contributed by atoms with Gasteiger partial charge in [-0.15, -0.1) is 0 Å². The van der Waals surface area contributed by atoms with Crippen molar-refractivity contribution < 1.29 is 4.74 Å². The van der Waals surface area contributed by atoms with Gasteiger partial charge in [0.05, 0.1) is 6.26 Å². The van der Waals surface area contributed by atoms with Gasteiger partial charge in [-0.25, -0.2) is 4.98 Å². The van der Waals surface area contributed by atoms with Gasteiger partial charge in [0.25, 0.3) is 0 Å². The van der Waals surface area contributed by atoms with Crippen LogP contribution in [0, 0.1) is 0 Å². The Balaban J connectivity index is 1.50. The van der Waals surface area contributed by atoms with Crippen molar-refractivity contribution >= 4 is 0 Å². The first-order valence-corrected chi connectivity index (χ1v) is 5.80. The number of aromatic nitrogens is 3. The summed E-state index contributed by atoms with van der Waals surface area (Å²) in [7, 11) is 0. The van der Waals surface area contributed by atoms with Gasteiger partial charge in [0.1, 0.15) is 18.3 Å². The van der Waals surface area contributed by atoms with Crippen LogP contribution in [0.4, 0.5) is 0 Å². The Labute approximate surface area is 95.3 Å². The highest BCUT2D eigenvalue weighted by molar-refractivity contribution is 4.83. The summed E-state index contributed by atoms with van der Waals surface area (Å²) in [6.07, 6.45) is 10.0. The van der Waals surface area contributed by atoms with E-state index in [1.807, 2.05) is 6.26 Å². The van der Waals surface area contributed by atoms with E-state index in [1.165, 1.54) is 0 Å². The number of aryl methyl sites for hydroxylation is 1. The van der Waals surface area contributed by atoms with Crippen LogP contribution in [0.2, 0.25) is 0 Å². The molecular formula is C11H18N4O. The number of hydrogen-bond donors (Lipinski definition) is 2. The summed E-state index contributed by atoms with van der Waals surface area (Å²) < 4.78 is 5.46. The molecule has 0 aromatic carbocycles. The van der Waals surface area contributed by atoms with Crippen molar-refractivity contribution in [3.63, 3.8) is 0 Å². The molecule has 0 bridgehead atoms. The number of ether oxygens (including phenoxy) is 1. The number of aromatic amines is 1. The number of rotatable bonds is 6. The lowest BCUT2D eigenvalue weighted by Crippen LogP contribution is -2.29. The smallest absolute Gasteiger partial charge is 0.137 e. The highest BCUT2D eigenvalue weighted by Crippen LogP contribution is 2.08. The fourth-order valence-corrected chi connectivity index (χ4v) is 1.73. The molecule has 1 atom stereocenters. The van der Waals surface area contributed by atoms with Gasteiger partial charge in [0.15, 0.2) is 0 Å². The van der Waals surface area contributed by atoms with Gasteiger partial charge in [-0.2, -0.15) is 5.10 Å². The minimum absolute atomic E-state index is 0.343. The number of nitrogens with one attached hydrogen (secondary N) is 2. The minimum atomic E-state index is 0.343. The van der Waals surface area contributed by atoms with Gasteiger partial charge in [-0.1, -0.05) is 0 Å². The minimum Gasteiger partial charge on any atom is -0.497 e. The van der Waals surface area contributed by atoms with Crippen LogP contribution in [0.15, 0.2) is 18.7 Å². The van der Waals surface area contributed by atoms with Gasteiger partial charge in [-0.05, 0) is 31.9 Å². The largest absolute Gasteiger partial charge is 0.497 e. The Morgan fingerprint density at radius 1 is 1.56 bits per heavy atom. The summed E-state index contributed by atoms with van der Waals surface area (Å²) in [5.41, 5.74) is 0. The van der Waals surface area contributed by atoms with Crippen molar-refractivity contribution in [3.8, 4) is 0 Å². The molecule has 88 valence electrons. The van der Waals surface area contributed by atoms with Crippen LogP contribution >= 0.6 is 0 Å². The Morgan fingerprint density at radius 2 is 2.56 bits per heavy atom. The fourth-order valence-electron chi connectivity index (χ4n) is 1.73. The number of allylic oxidation sites excluding steroid dienone is 1. The predicted octanol–water partition coefficient (Wildman–Crippen LogP) is 1.02. The molecule has 2 rings (SSSR count). The normalized spacial score (nSPS) is 19.6. The zero-order chi connectivity index (χ0) is 11.1. The SMILES string of the molecule is C1=COC(CNCCCc2ncn[nH]2)CC1. The second-order valence-corrected chi connectivity index (χ2v) is 3.95. The third-order valence-corrected chi connectivity index (χ3v) is 2.63. The van der Waals surface area contributed by atoms with E-state index in [2.05, 4.69) is 26.6 Å². The van der Waals surface area contributed by atoms with Crippen LogP contribution < -0.4 is 5.32 Å². The van der Waals surface area contributed by atoms with E-state index in [9.17, 15) is 0 Å². The summed E-state index contributed by atoms with van der Waals surface area (Å²) in [5.74, 6) is 0.957. The van der Waals surface area contributed by atoms with Crippen molar-refractivity contribution in [2.75, 3.05) is 13.1 Å². The van der Waals surface area contributed by atoms with Gasteiger partial charge in [-0.3, -0.25) is 5.10 Å². The molecule has 1 unspecified atom stereocenters. The molecule has 2 heterocycles. The first kappa shape index (κ1) is 11.1. The van der Waals surface area contributed by atoms with Gasteiger partial charge in [0.2, 0.25) is 0 Å². The van der Waals surface area contributed by atoms with Crippen LogP contribution in [0.5, 0.6) is 0 Å². The molecule has 5 nitrogen and oxygen atoms in total. The molecule has 0 spiro atoms. The molecular weight excluding hydrogens is 204 g/mol. The van der Waals surface area contributed by atoms with Crippen molar-refractivity contribution in [1.82, 2.24) is 20.5 Å². The molecule has 0 saturated carbocycles. The topological polar surface area (TPSA) is 62.8 Å². The molecule has 1 aliphatic rings. The standard InChI is InChI=1S/C11H18N4O/c1-2-7-16-10(4-1)8-12-6-3-5-11-13-9-14-15-11/h2,7,9-10,12H,1,3-6,8H2,(H,13,14,15). The average Bonchev–Trinajstić information content (AvgIpc) is 2.83. The van der Waals surface area contributed by atoms with Crippen LogP contribution in [0.25, 0.3) is 0 Å². The Bertz CT molecular complexity index is 310. The molecule has 5 heteroatoms. The second-order valence-electron chi connectivity index (χ2n) is 3.95. The van der Waals surface area contributed by atoms with Crippen molar-refractivity contribution in [1.29, 1.82) is 0 Å². The monoisotopic (exact) mass is 222 g/mol. The van der Waals surface area contributed by atoms with E-state index in [1.54, 1.807) is 6.33 Å². The molecule has 0 aliphatic carbocycles. The molecule has 1 aromatic heterocycles. The average molecular weight is 222 g/mol. The molecule has 1 aliphatic heterocycles. The van der Waals surface area contributed by atoms with Gasteiger partial charge < -0.3 is 10.1 Å². The van der Waals surface area contributed by atoms with E-state index < -0.39 is 0 Å². The highest BCUT2D eigenvalue weighted by Gasteiger charge is 2.09. The summed E-state index contributed by atoms with van der Waals surface area (Å²) in [4.78, 5) is 4.08. The van der Waals surface area contributed by atoms with Crippen LogP contribution in [0.3, 0.4) is 0 Å². The molecule has 0 radical (unpaired) electrons. The zero-order valence-electron chi connectivity index (χ0n) is 9.35. The first-order valence-electron chi connectivity index (χ1n) is 5.80. The van der Waals surface area contributed by atoms with E-state index >= 15 is 0 Å². The van der Waals surface area contributed by atoms with Crippen molar-refractivity contribution in [3.05, 3.63) is 24.5 Å². The van der Waals surface area contributed by atoms with E-state index in [0.29, 0.717) is 6.10 Å². The van der Waals surface area contributed by atoms with Gasteiger partial charge >= 0.3 is 0 Å². The van der Waals surface area contributed by atoms with Crippen LogP contribution in [-0.4, -0.2) is 34.4 Å². The van der Waals surface area contributed by atoms with E-state index in [-0.39, 0.29) is 0 Å². The molecule has 0 saturated heterocycles. The zero-order valence-corrected chi connectivity index (χ0v) is 9.35. The maximum atomic E-state index is 5.46. The highest BCUT2D eigenvalue weighted by atomic mass is 16.5. The molecule has 0 amide bonds. The Kier molecular flexibility index (Phi) is 4.37. The first-order chi connectivity index (χ1) is 7.95. The third kappa shape index (κ3) is 3.66. The lowest BCUT2D eigenvalue weighted by molar-refractivity contribution is 0.122. The van der Waals surface area contributed by atoms with E-state index in [0.717, 1.165) is 44.6 Å². The Morgan fingerprint density at radius 3 is 3.31 bits per heavy atom. The fraction of sp³-hybridized carbons (Fsp3) is 0.636. The Hall–Kier alpha value is -1.36. The lowest BCUT2D eigenvalue weighted by atomic mass is 10.1. The third-order valence-electron chi connectivity index (χ3n) is 2.63. The number of H-pyrrole nitrogens is 1. The van der Waals surface area contributed by atoms with Crippen molar-refractivity contribution in [2.45, 2.75) is 31.8 Å². The predicted molar refractivity (Wildman–Crippen MR) is 60.8 cm³/mol. The molecule has 16 heavy (non-hydrogen) atoms. The molecule has 2 N–H and O–H groups in total. The van der Waals surface area contributed by atoms with Crippen LogP contribution in [0.1, 0.15) is 25.1 Å². The quantitative estimate of drug-likeness (QED) is 0.705. The summed E-state index contributed by atoms with van der Waals surface area (Å²) in [6, 6.07) is 0. The molecule has 1 aromatic rings. The second kappa shape index (κ2) is 6.27. The van der Waals surface area contributed by atoms with E-state index in [4.69, 9.17) is 4.74 Å². The number of hydrogen-bond acceptors (Lipinski definition) is 4. The summed E-state index contributed by atoms with van der Waals surface area (Å²) in [5, 5.41) is 10.1. The van der Waals surface area contributed by atoms with Crippen LogP contribution in [-0.2, 0) is 11.2 Å². The molecule has 0 fully saturated rings. The summed E-state index contributed by atoms with van der Waals surface area (Å²) in [6.45, 7) is 1.92.